The second-order valence-electron chi connectivity index (χ2n) is 6.89. The summed E-state index contributed by atoms with van der Waals surface area (Å²) in [6.07, 6.45) is 2.04. The minimum absolute atomic E-state index is 0.370. The summed E-state index contributed by atoms with van der Waals surface area (Å²) in [6, 6.07) is 13.4. The minimum atomic E-state index is -0.984. The molecular formula is C21H19ClN2O3. The maximum atomic E-state index is 12.4. The molecule has 0 radical (unpaired) electrons. The molecular weight excluding hydrogens is 364 g/mol. The Morgan fingerprint density at radius 1 is 1.33 bits per heavy atom. The van der Waals surface area contributed by atoms with Crippen molar-refractivity contribution in [2.45, 2.75) is 31.6 Å². The van der Waals surface area contributed by atoms with Gasteiger partial charge in [0.25, 0.3) is 0 Å². The maximum Gasteiger partial charge on any atom is 0.244 e. The van der Waals surface area contributed by atoms with E-state index in [1.165, 1.54) is 6.08 Å². The van der Waals surface area contributed by atoms with E-state index in [1.54, 1.807) is 56.3 Å². The molecule has 0 bridgehead atoms. The van der Waals surface area contributed by atoms with Crippen molar-refractivity contribution in [1.82, 2.24) is 5.32 Å². The zero-order chi connectivity index (χ0) is 19.6. The Labute approximate surface area is 162 Å². The highest BCUT2D eigenvalue weighted by atomic mass is 35.5. The topological polar surface area (TPSA) is 82.3 Å². The number of aliphatic hydroxyl groups is 1. The monoisotopic (exact) mass is 382 g/mol. The van der Waals surface area contributed by atoms with E-state index >= 15 is 0 Å². The molecule has 2 atom stereocenters. The quantitative estimate of drug-likeness (QED) is 0.794. The fourth-order valence-corrected chi connectivity index (χ4v) is 3.21. The fourth-order valence-electron chi connectivity index (χ4n) is 3.01. The van der Waals surface area contributed by atoms with Gasteiger partial charge in [-0.15, -0.1) is 0 Å². The van der Waals surface area contributed by atoms with Crippen LogP contribution in [-0.2, 0) is 4.79 Å². The Kier molecular flexibility index (Phi) is 5.22. The van der Waals surface area contributed by atoms with Crippen molar-refractivity contribution in [3.8, 4) is 11.8 Å². The molecule has 0 fully saturated rings. The van der Waals surface area contributed by atoms with Crippen LogP contribution in [0.5, 0.6) is 5.75 Å². The van der Waals surface area contributed by atoms with Gasteiger partial charge in [-0.3, -0.25) is 4.79 Å². The molecule has 0 saturated carbocycles. The number of carbonyl (C=O) groups excluding carboxylic acids is 1. The molecule has 6 heteroatoms. The van der Waals surface area contributed by atoms with Crippen LogP contribution in [0.4, 0.5) is 0 Å². The third-order valence-corrected chi connectivity index (χ3v) is 4.68. The van der Waals surface area contributed by atoms with Gasteiger partial charge < -0.3 is 15.2 Å². The molecule has 0 saturated heterocycles. The van der Waals surface area contributed by atoms with Gasteiger partial charge in [-0.2, -0.15) is 5.26 Å². The summed E-state index contributed by atoms with van der Waals surface area (Å²) in [4.78, 5) is 12.4. The van der Waals surface area contributed by atoms with Crippen LogP contribution in [0.25, 0.3) is 6.08 Å². The van der Waals surface area contributed by atoms with Crippen LogP contribution < -0.4 is 10.1 Å². The van der Waals surface area contributed by atoms with Crippen molar-refractivity contribution in [2.24, 2.45) is 0 Å². The Hall–Kier alpha value is -2.81. The van der Waals surface area contributed by atoms with Crippen LogP contribution in [0.1, 0.15) is 36.6 Å². The summed E-state index contributed by atoms with van der Waals surface area (Å²) in [7, 11) is 0. The average Bonchev–Trinajstić information content (AvgIpc) is 2.63. The zero-order valence-corrected chi connectivity index (χ0v) is 15.7. The first-order chi connectivity index (χ1) is 12.8. The predicted molar refractivity (Wildman–Crippen MR) is 103 cm³/mol. The second-order valence-corrected chi connectivity index (χ2v) is 7.33. The van der Waals surface area contributed by atoms with Crippen molar-refractivity contribution in [3.05, 3.63) is 70.3 Å². The molecule has 2 N–H and O–H groups in total. The van der Waals surface area contributed by atoms with Gasteiger partial charge in [0.1, 0.15) is 17.5 Å². The van der Waals surface area contributed by atoms with E-state index < -0.39 is 17.7 Å². The molecule has 27 heavy (non-hydrogen) atoms. The predicted octanol–water partition coefficient (Wildman–Crippen LogP) is 3.61. The van der Waals surface area contributed by atoms with Gasteiger partial charge in [-0.25, -0.2) is 0 Å². The number of hydrogen-bond donors (Lipinski definition) is 2. The number of nitrogens with one attached hydrogen (secondary N) is 1. The molecule has 1 amide bonds. The van der Waals surface area contributed by atoms with Gasteiger partial charge in [0, 0.05) is 16.7 Å². The standard InChI is InChI=1S/C21H19ClN2O3/c1-21(2)20(26)19(16-11-14(12-23)6-8-17(16)27-21)24-18(25)9-7-13-4-3-5-15(22)10-13/h3-11,19-20,26H,1-2H3,(H,24,25)/t19-,20+/m0/s1. The van der Waals surface area contributed by atoms with Crippen molar-refractivity contribution >= 4 is 23.6 Å². The number of hydrogen-bond acceptors (Lipinski definition) is 4. The number of nitrogens with zero attached hydrogens (tertiary/aromatic N) is 1. The summed E-state index contributed by atoms with van der Waals surface area (Å²) in [5.74, 6) is 0.165. The van der Waals surface area contributed by atoms with Crippen LogP contribution in [0.15, 0.2) is 48.5 Å². The smallest absolute Gasteiger partial charge is 0.244 e. The summed E-state index contributed by atoms with van der Waals surface area (Å²) < 4.78 is 5.84. The van der Waals surface area contributed by atoms with Crippen molar-refractivity contribution in [3.63, 3.8) is 0 Å². The van der Waals surface area contributed by atoms with E-state index in [9.17, 15) is 9.90 Å². The molecule has 5 nitrogen and oxygen atoms in total. The van der Waals surface area contributed by atoms with Gasteiger partial charge in [0.05, 0.1) is 17.7 Å². The van der Waals surface area contributed by atoms with E-state index in [0.717, 1.165) is 5.56 Å². The van der Waals surface area contributed by atoms with E-state index in [2.05, 4.69) is 11.4 Å². The number of amides is 1. The lowest BCUT2D eigenvalue weighted by molar-refractivity contribution is -0.121. The van der Waals surface area contributed by atoms with E-state index in [4.69, 9.17) is 21.6 Å². The number of halogens is 1. The lowest BCUT2D eigenvalue weighted by atomic mass is 9.86. The van der Waals surface area contributed by atoms with Gasteiger partial charge in [0.15, 0.2) is 0 Å². The first-order valence-corrected chi connectivity index (χ1v) is 8.83. The maximum absolute atomic E-state index is 12.4. The molecule has 0 aliphatic carbocycles. The van der Waals surface area contributed by atoms with Crippen molar-refractivity contribution in [2.75, 3.05) is 0 Å². The van der Waals surface area contributed by atoms with E-state index in [0.29, 0.717) is 21.9 Å². The normalized spacial score (nSPS) is 20.4. The molecule has 2 aromatic carbocycles. The van der Waals surface area contributed by atoms with Crippen LogP contribution >= 0.6 is 11.6 Å². The molecule has 0 spiro atoms. The number of aliphatic hydroxyl groups excluding tert-OH is 1. The Balaban J connectivity index is 1.86. The molecule has 3 rings (SSSR count). The summed E-state index contributed by atoms with van der Waals surface area (Å²) in [5.41, 5.74) is 0.900. The Bertz CT molecular complexity index is 947. The number of benzene rings is 2. The average molecular weight is 383 g/mol. The number of nitriles is 1. The zero-order valence-electron chi connectivity index (χ0n) is 14.9. The van der Waals surface area contributed by atoms with E-state index in [1.807, 2.05) is 6.07 Å². The SMILES string of the molecule is CC1(C)Oc2ccc(C#N)cc2[C@H](NC(=O)C=Cc2cccc(Cl)c2)[C@H]1O. The molecule has 138 valence electrons. The minimum Gasteiger partial charge on any atom is -0.485 e. The molecule has 1 aliphatic rings. The fraction of sp³-hybridized carbons (Fsp3) is 0.238. The van der Waals surface area contributed by atoms with Gasteiger partial charge in [0.2, 0.25) is 5.91 Å². The summed E-state index contributed by atoms with van der Waals surface area (Å²) >= 11 is 5.94. The summed E-state index contributed by atoms with van der Waals surface area (Å²) in [6.45, 7) is 3.50. The lowest BCUT2D eigenvalue weighted by Crippen LogP contribution is -2.53. The molecule has 0 aromatic heterocycles. The van der Waals surface area contributed by atoms with Gasteiger partial charge in [-0.1, -0.05) is 23.7 Å². The molecule has 1 heterocycles. The van der Waals surface area contributed by atoms with E-state index in [-0.39, 0.29) is 5.91 Å². The first-order valence-electron chi connectivity index (χ1n) is 8.45. The molecule has 1 aliphatic heterocycles. The number of rotatable bonds is 3. The lowest BCUT2D eigenvalue weighted by Gasteiger charge is -2.42. The second kappa shape index (κ2) is 7.43. The number of fused-ring (bicyclic) bond motifs is 1. The van der Waals surface area contributed by atoms with Crippen LogP contribution in [0.2, 0.25) is 5.02 Å². The van der Waals surface area contributed by atoms with Crippen molar-refractivity contribution in [1.29, 1.82) is 5.26 Å². The highest BCUT2D eigenvalue weighted by Crippen LogP contribution is 2.40. The first kappa shape index (κ1) is 19.0. The van der Waals surface area contributed by atoms with Crippen molar-refractivity contribution < 1.29 is 14.6 Å². The third kappa shape index (κ3) is 4.13. The summed E-state index contributed by atoms with van der Waals surface area (Å²) in [5, 5.41) is 23.3. The molecule has 0 unspecified atom stereocenters. The van der Waals surface area contributed by atoms with Crippen LogP contribution in [0.3, 0.4) is 0 Å². The number of ether oxygens (including phenoxy) is 1. The largest absolute Gasteiger partial charge is 0.485 e. The number of carbonyl (C=O) groups is 1. The Morgan fingerprint density at radius 2 is 2.11 bits per heavy atom. The van der Waals surface area contributed by atoms with Gasteiger partial charge in [-0.05, 0) is 55.8 Å². The highest BCUT2D eigenvalue weighted by Gasteiger charge is 2.43. The Morgan fingerprint density at radius 3 is 2.81 bits per heavy atom. The third-order valence-electron chi connectivity index (χ3n) is 4.45. The van der Waals surface area contributed by atoms with Gasteiger partial charge >= 0.3 is 0 Å². The van der Waals surface area contributed by atoms with Crippen LogP contribution in [-0.4, -0.2) is 22.7 Å². The van der Waals surface area contributed by atoms with Crippen LogP contribution in [0, 0.1) is 11.3 Å². The highest BCUT2D eigenvalue weighted by molar-refractivity contribution is 6.30. The molecule has 2 aromatic rings.